The van der Waals surface area contributed by atoms with Crippen LogP contribution in [0.5, 0.6) is 0 Å². The second kappa shape index (κ2) is 10.6. The van der Waals surface area contributed by atoms with Gasteiger partial charge in [-0.25, -0.2) is 13.8 Å². The number of hydrogen-bond donors (Lipinski definition) is 4. The van der Waals surface area contributed by atoms with Gasteiger partial charge in [0.2, 0.25) is 11.7 Å². The molecule has 15 heteroatoms. The third-order valence-corrected chi connectivity index (χ3v) is 6.28. The molecular formula is C24H20ClF5N6O3. The molecule has 0 saturated carbocycles. The number of amides is 3. The third-order valence-electron chi connectivity index (χ3n) is 5.94. The number of benzene rings is 2. The number of carbonyl (C=O) groups excluding carboxylic acids is 3. The third kappa shape index (κ3) is 5.43. The Bertz CT molecular complexity index is 1480. The zero-order chi connectivity index (χ0) is 28.6. The van der Waals surface area contributed by atoms with Crippen LogP contribution < -0.4 is 21.3 Å². The standard InChI is InChI=1S/C24H20ClF5N6O3/c1-31-9-16-22(38)33-17(14-8-12(26)3-4-15(14)25)18-19(34-20(36(16)18)23(39)32-2)35-21(37)10-5-11(24(28,29)30)7-13(27)6-10/h3-8,16-17,31H,9H2,1-2H3,(H,32,39)(H,33,38)(H,35,37). The van der Waals surface area contributed by atoms with Gasteiger partial charge in [0, 0.05) is 29.7 Å². The Morgan fingerprint density at radius 1 is 1.08 bits per heavy atom. The molecule has 3 aromatic rings. The normalized spacial score (nSPS) is 16.9. The summed E-state index contributed by atoms with van der Waals surface area (Å²) in [6.07, 6.45) is -4.93. The largest absolute Gasteiger partial charge is 0.416 e. The van der Waals surface area contributed by atoms with Crippen molar-refractivity contribution in [1.29, 1.82) is 0 Å². The molecule has 0 aliphatic carbocycles. The molecule has 1 aliphatic heterocycles. The number of fused-ring (bicyclic) bond motifs is 1. The molecule has 0 fully saturated rings. The van der Waals surface area contributed by atoms with Crippen molar-refractivity contribution in [3.05, 3.63) is 81.3 Å². The summed E-state index contributed by atoms with van der Waals surface area (Å²) in [6.45, 7) is -0.00494. The first kappa shape index (κ1) is 28.0. The van der Waals surface area contributed by atoms with Gasteiger partial charge >= 0.3 is 6.18 Å². The molecule has 4 N–H and O–H groups in total. The number of anilines is 1. The van der Waals surface area contributed by atoms with Crippen molar-refractivity contribution in [3.8, 4) is 0 Å². The Morgan fingerprint density at radius 2 is 1.79 bits per heavy atom. The molecule has 1 aromatic heterocycles. The average molecular weight is 571 g/mol. The van der Waals surface area contributed by atoms with Crippen LogP contribution in [-0.2, 0) is 11.0 Å². The number of nitrogens with one attached hydrogen (secondary N) is 4. The first-order valence-corrected chi connectivity index (χ1v) is 11.7. The fraction of sp³-hybridized carbons (Fsp3) is 0.250. The second-order valence-electron chi connectivity index (χ2n) is 8.48. The summed E-state index contributed by atoms with van der Waals surface area (Å²) < 4.78 is 69.0. The number of halogens is 6. The van der Waals surface area contributed by atoms with E-state index in [2.05, 4.69) is 26.3 Å². The van der Waals surface area contributed by atoms with Crippen LogP contribution in [0.15, 0.2) is 36.4 Å². The molecule has 3 amide bonds. The fourth-order valence-corrected chi connectivity index (χ4v) is 4.45. The van der Waals surface area contributed by atoms with Crippen molar-refractivity contribution in [2.45, 2.75) is 18.3 Å². The van der Waals surface area contributed by atoms with E-state index < -0.39 is 58.7 Å². The van der Waals surface area contributed by atoms with E-state index in [9.17, 15) is 36.3 Å². The SMILES string of the molecule is CNCC1C(=O)NC(c2cc(F)ccc2Cl)c2c(NC(=O)c3cc(F)cc(C(F)(F)F)c3)nc(C(=O)NC)n21. The lowest BCUT2D eigenvalue weighted by atomic mass is 9.98. The van der Waals surface area contributed by atoms with Gasteiger partial charge in [-0.3, -0.25) is 14.4 Å². The van der Waals surface area contributed by atoms with Crippen LogP contribution in [0.3, 0.4) is 0 Å². The van der Waals surface area contributed by atoms with Crippen LogP contribution in [0.2, 0.25) is 5.02 Å². The van der Waals surface area contributed by atoms with E-state index >= 15 is 0 Å². The topological polar surface area (TPSA) is 117 Å². The van der Waals surface area contributed by atoms with Gasteiger partial charge in [0.1, 0.15) is 17.7 Å². The molecule has 0 spiro atoms. The maximum atomic E-state index is 14.2. The molecule has 0 bridgehead atoms. The monoisotopic (exact) mass is 570 g/mol. The van der Waals surface area contributed by atoms with Crippen LogP contribution in [0.25, 0.3) is 0 Å². The van der Waals surface area contributed by atoms with Gasteiger partial charge in [-0.15, -0.1) is 0 Å². The molecule has 4 rings (SSSR count). The van der Waals surface area contributed by atoms with E-state index in [0.29, 0.717) is 12.1 Å². The van der Waals surface area contributed by atoms with Gasteiger partial charge in [0.15, 0.2) is 5.82 Å². The molecule has 2 atom stereocenters. The number of imidazole rings is 1. The van der Waals surface area contributed by atoms with E-state index in [1.54, 1.807) is 7.05 Å². The summed E-state index contributed by atoms with van der Waals surface area (Å²) in [5, 5.41) is 10.2. The Labute approximate surface area is 222 Å². The molecule has 2 aromatic carbocycles. The molecule has 2 unspecified atom stereocenters. The van der Waals surface area contributed by atoms with Crippen molar-refractivity contribution in [3.63, 3.8) is 0 Å². The maximum Gasteiger partial charge on any atom is 0.416 e. The van der Waals surface area contributed by atoms with Gasteiger partial charge < -0.3 is 25.8 Å². The van der Waals surface area contributed by atoms with Crippen molar-refractivity contribution in [1.82, 2.24) is 25.5 Å². The molecule has 0 saturated heterocycles. The predicted molar refractivity (Wildman–Crippen MR) is 129 cm³/mol. The highest BCUT2D eigenvalue weighted by Gasteiger charge is 2.41. The Kier molecular flexibility index (Phi) is 7.61. The van der Waals surface area contributed by atoms with Crippen LogP contribution in [0, 0.1) is 11.6 Å². The lowest BCUT2D eigenvalue weighted by Crippen LogP contribution is -2.47. The Morgan fingerprint density at radius 3 is 2.44 bits per heavy atom. The summed E-state index contributed by atoms with van der Waals surface area (Å²) >= 11 is 6.29. The van der Waals surface area contributed by atoms with Gasteiger partial charge in [-0.05, 0) is 43.4 Å². The number of rotatable bonds is 6. The number of aromatic nitrogens is 2. The summed E-state index contributed by atoms with van der Waals surface area (Å²) in [4.78, 5) is 43.1. The van der Waals surface area contributed by atoms with E-state index in [1.165, 1.54) is 17.7 Å². The van der Waals surface area contributed by atoms with Crippen molar-refractivity contribution in [2.24, 2.45) is 0 Å². The van der Waals surface area contributed by atoms with Crippen LogP contribution in [-0.4, -0.2) is 47.9 Å². The quantitative estimate of drug-likeness (QED) is 0.339. The molecule has 2 heterocycles. The summed E-state index contributed by atoms with van der Waals surface area (Å²) in [6, 6.07) is 2.32. The highest BCUT2D eigenvalue weighted by molar-refractivity contribution is 6.31. The highest BCUT2D eigenvalue weighted by atomic mass is 35.5. The van der Waals surface area contributed by atoms with E-state index in [4.69, 9.17) is 11.6 Å². The number of nitrogens with zero attached hydrogens (tertiary/aromatic N) is 2. The van der Waals surface area contributed by atoms with Crippen molar-refractivity contribution < 1.29 is 36.3 Å². The minimum Gasteiger partial charge on any atom is -0.352 e. The summed E-state index contributed by atoms with van der Waals surface area (Å²) in [5.74, 6) is -5.23. The van der Waals surface area contributed by atoms with Gasteiger partial charge in [0.25, 0.3) is 11.8 Å². The smallest absolute Gasteiger partial charge is 0.352 e. The molecule has 39 heavy (non-hydrogen) atoms. The molecule has 0 radical (unpaired) electrons. The first-order chi connectivity index (χ1) is 18.3. The van der Waals surface area contributed by atoms with Crippen molar-refractivity contribution >= 4 is 35.1 Å². The molecule has 206 valence electrons. The molecule has 1 aliphatic rings. The second-order valence-corrected chi connectivity index (χ2v) is 8.89. The summed E-state index contributed by atoms with van der Waals surface area (Å²) in [5.41, 5.74) is -2.03. The number of alkyl halides is 3. The minimum atomic E-state index is -4.93. The molecular weight excluding hydrogens is 551 g/mol. The molecule has 9 nitrogen and oxygen atoms in total. The number of likely N-dealkylation sites (N-methyl/N-ethyl adjacent to an activating group) is 1. The van der Waals surface area contributed by atoms with Gasteiger partial charge in [-0.1, -0.05) is 11.6 Å². The fourth-order valence-electron chi connectivity index (χ4n) is 4.23. The van der Waals surface area contributed by atoms with Gasteiger partial charge in [-0.2, -0.15) is 13.2 Å². The lowest BCUT2D eigenvalue weighted by molar-refractivity contribution is -0.137. The van der Waals surface area contributed by atoms with E-state index in [1.807, 2.05) is 0 Å². The Hall–Kier alpha value is -4.04. The van der Waals surface area contributed by atoms with E-state index in [0.717, 1.165) is 12.1 Å². The van der Waals surface area contributed by atoms with Crippen LogP contribution >= 0.6 is 11.6 Å². The Balaban J connectivity index is 1.91. The lowest BCUT2D eigenvalue weighted by Gasteiger charge is -2.33. The predicted octanol–water partition coefficient (Wildman–Crippen LogP) is 3.43. The van der Waals surface area contributed by atoms with Crippen molar-refractivity contribution in [2.75, 3.05) is 26.0 Å². The minimum absolute atomic E-state index is 0.00494. The average Bonchev–Trinajstić information content (AvgIpc) is 3.24. The zero-order valence-corrected chi connectivity index (χ0v) is 21.0. The maximum absolute atomic E-state index is 14.2. The van der Waals surface area contributed by atoms with Crippen LogP contribution in [0.1, 0.15) is 49.9 Å². The summed E-state index contributed by atoms with van der Waals surface area (Å²) in [7, 11) is 2.84. The number of carbonyl (C=O) groups is 3. The van der Waals surface area contributed by atoms with Gasteiger partial charge in [0.05, 0.1) is 17.3 Å². The van der Waals surface area contributed by atoms with E-state index in [-0.39, 0.29) is 40.5 Å². The highest BCUT2D eigenvalue weighted by Crippen LogP contribution is 2.39. The van der Waals surface area contributed by atoms with Crippen LogP contribution in [0.4, 0.5) is 27.8 Å². The first-order valence-electron chi connectivity index (χ1n) is 11.3. The zero-order valence-electron chi connectivity index (χ0n) is 20.2. The number of hydrogen-bond acceptors (Lipinski definition) is 5.